The highest BCUT2D eigenvalue weighted by molar-refractivity contribution is 5.82. The van der Waals surface area contributed by atoms with Crippen molar-refractivity contribution in [3.05, 3.63) is 30.1 Å². The lowest BCUT2D eigenvalue weighted by Gasteiger charge is -2.00. The average Bonchev–Trinajstić information content (AvgIpc) is 2.20. The minimum Gasteiger partial charge on any atom is -0.299 e. The van der Waals surface area contributed by atoms with Gasteiger partial charge < -0.3 is 0 Å². The van der Waals surface area contributed by atoms with E-state index in [1.165, 1.54) is 0 Å². The summed E-state index contributed by atoms with van der Waals surface area (Å²) in [6.07, 6.45) is 8.82. The number of hydrogen-bond acceptors (Lipinski definition) is 3. The molecule has 0 saturated heterocycles. The minimum absolute atomic E-state index is 0.119. The van der Waals surface area contributed by atoms with Crippen molar-refractivity contribution in [2.75, 3.05) is 13.1 Å². The molecule has 0 saturated carbocycles. The molecule has 0 fully saturated rings. The summed E-state index contributed by atoms with van der Waals surface area (Å²) in [6, 6.07) is 3.70. The zero-order valence-corrected chi connectivity index (χ0v) is 7.86. The van der Waals surface area contributed by atoms with Gasteiger partial charge in [0.1, 0.15) is 0 Å². The lowest BCUT2D eigenvalue weighted by Crippen LogP contribution is -2.24. The Hall–Kier alpha value is -1.66. The first-order chi connectivity index (χ1) is 6.83. The van der Waals surface area contributed by atoms with Crippen LogP contribution < -0.4 is 5.32 Å². The van der Waals surface area contributed by atoms with Crippen molar-refractivity contribution in [1.29, 1.82) is 0 Å². The van der Waals surface area contributed by atoms with Gasteiger partial charge in [0.2, 0.25) is 0 Å². The van der Waals surface area contributed by atoms with Crippen LogP contribution in [0.4, 0.5) is 0 Å². The van der Waals surface area contributed by atoms with Crippen LogP contribution in [0.25, 0.3) is 0 Å². The van der Waals surface area contributed by atoms with Gasteiger partial charge in [-0.25, -0.2) is 0 Å². The molecule has 0 aliphatic heterocycles. The van der Waals surface area contributed by atoms with Gasteiger partial charge in [0.15, 0.2) is 5.78 Å². The molecule has 0 aliphatic rings. The third-order valence-electron chi connectivity index (χ3n) is 1.67. The van der Waals surface area contributed by atoms with Crippen LogP contribution >= 0.6 is 0 Å². The molecule has 0 unspecified atom stereocenters. The van der Waals surface area contributed by atoms with Crippen LogP contribution in [-0.2, 0) is 11.2 Å². The molecule has 0 aromatic carbocycles. The average molecular weight is 188 g/mol. The quantitative estimate of drug-likeness (QED) is 0.537. The van der Waals surface area contributed by atoms with Gasteiger partial charge in [-0.3, -0.25) is 15.1 Å². The minimum atomic E-state index is 0.119. The number of pyridine rings is 1. The van der Waals surface area contributed by atoms with Gasteiger partial charge in [0, 0.05) is 18.8 Å². The van der Waals surface area contributed by atoms with Gasteiger partial charge >= 0.3 is 0 Å². The second-order valence-corrected chi connectivity index (χ2v) is 2.88. The van der Waals surface area contributed by atoms with Crippen molar-refractivity contribution in [2.24, 2.45) is 0 Å². The van der Waals surface area contributed by atoms with Crippen LogP contribution in [0.1, 0.15) is 5.56 Å². The number of aromatic nitrogens is 1. The summed E-state index contributed by atoms with van der Waals surface area (Å²) in [5.41, 5.74) is 0.931. The number of hydrogen-bond donors (Lipinski definition) is 1. The van der Waals surface area contributed by atoms with Crippen LogP contribution in [0.3, 0.4) is 0 Å². The predicted molar refractivity (Wildman–Crippen MR) is 54.7 cm³/mol. The SMILES string of the molecule is C#CCNCC(=O)Cc1cccnc1. The maximum absolute atomic E-state index is 11.3. The smallest absolute Gasteiger partial charge is 0.151 e. The Kier molecular flexibility index (Phi) is 4.39. The van der Waals surface area contributed by atoms with E-state index in [1.807, 2.05) is 12.1 Å². The Bertz CT molecular complexity index is 327. The van der Waals surface area contributed by atoms with E-state index in [-0.39, 0.29) is 5.78 Å². The van der Waals surface area contributed by atoms with E-state index >= 15 is 0 Å². The third-order valence-corrected chi connectivity index (χ3v) is 1.67. The van der Waals surface area contributed by atoms with Crippen LogP contribution in [0.2, 0.25) is 0 Å². The van der Waals surface area contributed by atoms with Crippen LogP contribution in [0.5, 0.6) is 0 Å². The Balaban J connectivity index is 2.32. The zero-order chi connectivity index (χ0) is 10.2. The summed E-state index contributed by atoms with van der Waals surface area (Å²) < 4.78 is 0. The van der Waals surface area contributed by atoms with Crippen molar-refractivity contribution in [1.82, 2.24) is 10.3 Å². The summed E-state index contributed by atoms with van der Waals surface area (Å²) in [4.78, 5) is 15.3. The molecule has 3 heteroatoms. The first-order valence-corrected chi connectivity index (χ1v) is 4.37. The van der Waals surface area contributed by atoms with Gasteiger partial charge in [-0.05, 0) is 11.6 Å². The molecule has 0 spiro atoms. The van der Waals surface area contributed by atoms with E-state index < -0.39 is 0 Å². The number of ketones is 1. The summed E-state index contributed by atoms with van der Waals surface area (Å²) >= 11 is 0. The fourth-order valence-corrected chi connectivity index (χ4v) is 1.07. The Morgan fingerprint density at radius 1 is 1.64 bits per heavy atom. The number of carbonyl (C=O) groups is 1. The molecule has 3 nitrogen and oxygen atoms in total. The third kappa shape index (κ3) is 3.83. The molecule has 1 heterocycles. The van der Waals surface area contributed by atoms with Crippen molar-refractivity contribution in [3.8, 4) is 12.3 Å². The van der Waals surface area contributed by atoms with Gasteiger partial charge in [-0.2, -0.15) is 0 Å². The highest BCUT2D eigenvalue weighted by Crippen LogP contribution is 1.96. The van der Waals surface area contributed by atoms with Crippen molar-refractivity contribution in [2.45, 2.75) is 6.42 Å². The maximum Gasteiger partial charge on any atom is 0.151 e. The first kappa shape index (κ1) is 10.4. The van der Waals surface area contributed by atoms with E-state index in [9.17, 15) is 4.79 Å². The molecular formula is C11H12N2O. The van der Waals surface area contributed by atoms with Crippen LogP contribution in [0.15, 0.2) is 24.5 Å². The Morgan fingerprint density at radius 2 is 2.50 bits per heavy atom. The summed E-state index contributed by atoms with van der Waals surface area (Å²) in [6.45, 7) is 0.748. The zero-order valence-electron chi connectivity index (χ0n) is 7.86. The van der Waals surface area contributed by atoms with Gasteiger partial charge in [0.25, 0.3) is 0 Å². The second-order valence-electron chi connectivity index (χ2n) is 2.88. The number of terminal acetylenes is 1. The van der Waals surface area contributed by atoms with E-state index in [0.717, 1.165) is 5.56 Å². The fourth-order valence-electron chi connectivity index (χ4n) is 1.07. The van der Waals surface area contributed by atoms with Crippen molar-refractivity contribution >= 4 is 5.78 Å². The largest absolute Gasteiger partial charge is 0.299 e. The highest BCUT2D eigenvalue weighted by atomic mass is 16.1. The molecule has 0 aliphatic carbocycles. The maximum atomic E-state index is 11.3. The highest BCUT2D eigenvalue weighted by Gasteiger charge is 2.01. The lowest BCUT2D eigenvalue weighted by atomic mass is 10.1. The molecule has 0 amide bonds. The van der Waals surface area contributed by atoms with Crippen molar-refractivity contribution in [3.63, 3.8) is 0 Å². The normalized spacial score (nSPS) is 9.36. The number of carbonyl (C=O) groups excluding carboxylic acids is 1. The standard InChI is InChI=1S/C11H12N2O/c1-2-5-12-9-11(14)7-10-4-3-6-13-8-10/h1,3-4,6,8,12H,5,7,9H2. The Morgan fingerprint density at radius 3 is 3.14 bits per heavy atom. The fraction of sp³-hybridized carbons (Fsp3) is 0.273. The molecular weight excluding hydrogens is 176 g/mol. The molecule has 0 atom stereocenters. The molecule has 1 aromatic heterocycles. The number of nitrogens with zero attached hydrogens (tertiary/aromatic N) is 1. The molecule has 72 valence electrons. The monoisotopic (exact) mass is 188 g/mol. The number of rotatable bonds is 5. The lowest BCUT2D eigenvalue weighted by molar-refractivity contribution is -0.117. The van der Waals surface area contributed by atoms with Gasteiger partial charge in [0.05, 0.1) is 13.1 Å². The molecule has 0 bridgehead atoms. The van der Waals surface area contributed by atoms with Gasteiger partial charge in [-0.15, -0.1) is 6.42 Å². The summed E-state index contributed by atoms with van der Waals surface area (Å²) in [5.74, 6) is 2.53. The second kappa shape index (κ2) is 5.90. The summed E-state index contributed by atoms with van der Waals surface area (Å²) in [7, 11) is 0. The molecule has 1 aromatic rings. The van der Waals surface area contributed by atoms with Crippen LogP contribution in [0, 0.1) is 12.3 Å². The predicted octanol–water partition coefficient (Wildman–Crippen LogP) is 0.416. The summed E-state index contributed by atoms with van der Waals surface area (Å²) in [5, 5.41) is 2.85. The van der Waals surface area contributed by atoms with E-state index in [1.54, 1.807) is 12.4 Å². The number of Topliss-reactive ketones (excluding diaryl/α,β-unsaturated/α-hetero) is 1. The van der Waals surface area contributed by atoms with E-state index in [0.29, 0.717) is 19.5 Å². The molecule has 1 rings (SSSR count). The molecule has 1 N–H and O–H groups in total. The molecule has 14 heavy (non-hydrogen) atoms. The van der Waals surface area contributed by atoms with E-state index in [4.69, 9.17) is 6.42 Å². The van der Waals surface area contributed by atoms with Crippen molar-refractivity contribution < 1.29 is 4.79 Å². The Labute approximate surface area is 83.6 Å². The topological polar surface area (TPSA) is 42.0 Å². The van der Waals surface area contributed by atoms with Crippen LogP contribution in [-0.4, -0.2) is 23.9 Å². The molecule has 0 radical (unpaired) electrons. The van der Waals surface area contributed by atoms with Gasteiger partial charge in [-0.1, -0.05) is 12.0 Å². The number of nitrogens with one attached hydrogen (secondary N) is 1. The first-order valence-electron chi connectivity index (χ1n) is 4.37. The van der Waals surface area contributed by atoms with E-state index in [2.05, 4.69) is 16.2 Å².